The molecule has 1 aliphatic rings. The maximum atomic E-state index is 4.31. The van der Waals surface area contributed by atoms with Gasteiger partial charge in [0.25, 0.3) is 0 Å². The predicted octanol–water partition coefficient (Wildman–Crippen LogP) is 3.90. The number of aromatic nitrogens is 1. The van der Waals surface area contributed by atoms with Crippen molar-refractivity contribution < 1.29 is 0 Å². The molecule has 1 heterocycles. The summed E-state index contributed by atoms with van der Waals surface area (Å²) < 4.78 is 0. The lowest BCUT2D eigenvalue weighted by molar-refractivity contribution is 0.902. The van der Waals surface area contributed by atoms with E-state index in [0.717, 1.165) is 18.5 Å². The SMILES string of the molecule is CC(C)/C=N/Nc1cccc2c1CCc1ccncc1-2. The molecule has 0 atom stereocenters. The molecule has 0 radical (unpaired) electrons. The van der Waals surface area contributed by atoms with Crippen molar-refractivity contribution in [2.45, 2.75) is 26.7 Å². The van der Waals surface area contributed by atoms with E-state index in [-0.39, 0.29) is 0 Å². The number of rotatable bonds is 3. The highest BCUT2D eigenvalue weighted by Gasteiger charge is 2.18. The van der Waals surface area contributed by atoms with Gasteiger partial charge in [-0.05, 0) is 47.6 Å². The van der Waals surface area contributed by atoms with Crippen LogP contribution in [0.2, 0.25) is 0 Å². The average molecular weight is 265 g/mol. The Labute approximate surface area is 119 Å². The molecule has 0 saturated carbocycles. The standard InChI is InChI=1S/C17H19N3/c1-12(2)10-19-20-17-5-3-4-14-15(17)7-6-13-8-9-18-11-16(13)14/h3-5,8-12,20H,6-7H2,1-2H3/b19-10+. The van der Waals surface area contributed by atoms with Gasteiger partial charge in [0.2, 0.25) is 0 Å². The van der Waals surface area contributed by atoms with Gasteiger partial charge in [-0.25, -0.2) is 0 Å². The first kappa shape index (κ1) is 12.9. The molecule has 0 amide bonds. The summed E-state index contributed by atoms with van der Waals surface area (Å²) in [7, 11) is 0. The maximum Gasteiger partial charge on any atom is 0.0599 e. The Balaban J connectivity index is 1.98. The summed E-state index contributed by atoms with van der Waals surface area (Å²) >= 11 is 0. The molecule has 3 nitrogen and oxygen atoms in total. The zero-order valence-corrected chi connectivity index (χ0v) is 11.9. The fourth-order valence-electron chi connectivity index (χ4n) is 2.61. The van der Waals surface area contributed by atoms with Gasteiger partial charge < -0.3 is 0 Å². The van der Waals surface area contributed by atoms with Crippen LogP contribution in [0, 0.1) is 5.92 Å². The molecule has 1 aromatic carbocycles. The quantitative estimate of drug-likeness (QED) is 0.675. The number of fused-ring (bicyclic) bond motifs is 3. The van der Waals surface area contributed by atoms with E-state index >= 15 is 0 Å². The molecule has 0 unspecified atom stereocenters. The Morgan fingerprint density at radius 3 is 2.95 bits per heavy atom. The molecule has 0 aliphatic heterocycles. The van der Waals surface area contributed by atoms with Crippen LogP contribution < -0.4 is 5.43 Å². The van der Waals surface area contributed by atoms with Gasteiger partial charge in [0.1, 0.15) is 0 Å². The second-order valence-corrected chi connectivity index (χ2v) is 5.50. The minimum absolute atomic E-state index is 0.451. The van der Waals surface area contributed by atoms with Crippen LogP contribution in [0.4, 0.5) is 5.69 Å². The van der Waals surface area contributed by atoms with Crippen LogP contribution in [0.3, 0.4) is 0 Å². The third-order valence-electron chi connectivity index (χ3n) is 3.58. The van der Waals surface area contributed by atoms with Crippen LogP contribution in [-0.2, 0) is 12.8 Å². The van der Waals surface area contributed by atoms with Crippen LogP contribution in [0.5, 0.6) is 0 Å². The Bertz CT molecular complexity index is 644. The van der Waals surface area contributed by atoms with Gasteiger partial charge in [0.15, 0.2) is 0 Å². The van der Waals surface area contributed by atoms with Crippen molar-refractivity contribution in [2.24, 2.45) is 11.0 Å². The lowest BCUT2D eigenvalue weighted by Gasteiger charge is -2.21. The average Bonchev–Trinajstić information content (AvgIpc) is 2.47. The topological polar surface area (TPSA) is 37.3 Å². The van der Waals surface area contributed by atoms with E-state index in [1.807, 2.05) is 18.6 Å². The fraction of sp³-hybridized carbons (Fsp3) is 0.294. The minimum atomic E-state index is 0.451. The van der Waals surface area contributed by atoms with Crippen LogP contribution in [0.15, 0.2) is 41.8 Å². The summed E-state index contributed by atoms with van der Waals surface area (Å²) in [5, 5.41) is 4.31. The monoisotopic (exact) mass is 265 g/mol. The molecule has 102 valence electrons. The van der Waals surface area contributed by atoms with E-state index < -0.39 is 0 Å². The number of nitrogens with zero attached hydrogens (tertiary/aromatic N) is 2. The van der Waals surface area contributed by atoms with E-state index in [4.69, 9.17) is 0 Å². The van der Waals surface area contributed by atoms with E-state index in [2.05, 4.69) is 53.6 Å². The summed E-state index contributed by atoms with van der Waals surface area (Å²) in [6, 6.07) is 8.47. The second kappa shape index (κ2) is 5.45. The summed E-state index contributed by atoms with van der Waals surface area (Å²) in [4.78, 5) is 4.26. The minimum Gasteiger partial charge on any atom is -0.279 e. The Hall–Kier alpha value is -2.16. The molecule has 0 bridgehead atoms. The summed E-state index contributed by atoms with van der Waals surface area (Å²) in [5.74, 6) is 0.451. The van der Waals surface area contributed by atoms with Gasteiger partial charge in [0, 0.05) is 24.2 Å². The molecule has 3 heteroatoms. The number of benzene rings is 1. The zero-order valence-electron chi connectivity index (χ0n) is 11.9. The number of anilines is 1. The first-order chi connectivity index (χ1) is 9.75. The summed E-state index contributed by atoms with van der Waals surface area (Å²) in [6.07, 6.45) is 7.88. The van der Waals surface area contributed by atoms with Crippen molar-refractivity contribution in [3.63, 3.8) is 0 Å². The van der Waals surface area contributed by atoms with Gasteiger partial charge >= 0.3 is 0 Å². The van der Waals surface area contributed by atoms with Crippen molar-refractivity contribution in [2.75, 3.05) is 5.43 Å². The lowest BCUT2D eigenvalue weighted by Crippen LogP contribution is -2.07. The predicted molar refractivity (Wildman–Crippen MR) is 84.0 cm³/mol. The molecular formula is C17H19N3. The highest BCUT2D eigenvalue weighted by molar-refractivity contribution is 5.78. The van der Waals surface area contributed by atoms with Gasteiger partial charge in [0.05, 0.1) is 5.69 Å². The molecule has 2 aromatic rings. The van der Waals surface area contributed by atoms with Crippen molar-refractivity contribution in [3.05, 3.63) is 47.8 Å². The molecule has 20 heavy (non-hydrogen) atoms. The van der Waals surface area contributed by atoms with Gasteiger partial charge in [-0.1, -0.05) is 26.0 Å². The van der Waals surface area contributed by atoms with Crippen LogP contribution in [0.25, 0.3) is 11.1 Å². The first-order valence-electron chi connectivity index (χ1n) is 7.10. The largest absolute Gasteiger partial charge is 0.279 e. The van der Waals surface area contributed by atoms with Crippen LogP contribution in [-0.4, -0.2) is 11.2 Å². The van der Waals surface area contributed by atoms with Crippen molar-refractivity contribution >= 4 is 11.9 Å². The molecule has 1 aliphatic carbocycles. The first-order valence-corrected chi connectivity index (χ1v) is 7.10. The molecule has 3 rings (SSSR count). The number of hydrazone groups is 1. The van der Waals surface area contributed by atoms with Crippen LogP contribution >= 0.6 is 0 Å². The van der Waals surface area contributed by atoms with Crippen LogP contribution in [0.1, 0.15) is 25.0 Å². The highest BCUT2D eigenvalue weighted by atomic mass is 15.3. The summed E-state index contributed by atoms with van der Waals surface area (Å²) in [6.45, 7) is 4.24. The van der Waals surface area contributed by atoms with E-state index in [9.17, 15) is 0 Å². The smallest absolute Gasteiger partial charge is 0.0599 e. The molecular weight excluding hydrogens is 246 g/mol. The van der Waals surface area contributed by atoms with Crippen molar-refractivity contribution in [3.8, 4) is 11.1 Å². The fourth-order valence-corrected chi connectivity index (χ4v) is 2.61. The van der Waals surface area contributed by atoms with E-state index in [1.54, 1.807) is 0 Å². The van der Waals surface area contributed by atoms with Gasteiger partial charge in [-0.2, -0.15) is 5.10 Å². The Kier molecular flexibility index (Phi) is 3.50. The molecule has 0 saturated heterocycles. The van der Waals surface area contributed by atoms with Gasteiger partial charge in [-0.3, -0.25) is 10.4 Å². The molecule has 0 fully saturated rings. The number of pyridine rings is 1. The van der Waals surface area contributed by atoms with E-state index in [1.165, 1.54) is 22.3 Å². The Morgan fingerprint density at radius 1 is 1.20 bits per heavy atom. The lowest BCUT2D eigenvalue weighted by atomic mass is 9.86. The second-order valence-electron chi connectivity index (χ2n) is 5.50. The molecule has 0 spiro atoms. The van der Waals surface area contributed by atoms with Gasteiger partial charge in [-0.15, -0.1) is 0 Å². The highest BCUT2D eigenvalue weighted by Crippen LogP contribution is 2.36. The third-order valence-corrected chi connectivity index (χ3v) is 3.58. The third kappa shape index (κ3) is 2.44. The Morgan fingerprint density at radius 2 is 2.10 bits per heavy atom. The maximum absolute atomic E-state index is 4.31. The summed E-state index contributed by atoms with van der Waals surface area (Å²) in [5.41, 5.74) is 9.55. The van der Waals surface area contributed by atoms with E-state index in [0.29, 0.717) is 5.92 Å². The number of hydrogen-bond donors (Lipinski definition) is 1. The normalized spacial score (nSPS) is 13.3. The molecule has 1 aromatic heterocycles. The number of nitrogens with one attached hydrogen (secondary N) is 1. The molecule has 1 N–H and O–H groups in total. The zero-order chi connectivity index (χ0) is 13.9. The van der Waals surface area contributed by atoms with Crippen molar-refractivity contribution in [1.29, 1.82) is 0 Å². The number of aryl methyl sites for hydroxylation is 1. The van der Waals surface area contributed by atoms with Crippen molar-refractivity contribution in [1.82, 2.24) is 4.98 Å². The number of hydrogen-bond acceptors (Lipinski definition) is 3.